The van der Waals surface area contributed by atoms with Gasteiger partial charge in [-0.3, -0.25) is 9.59 Å². The number of hydrogen-bond acceptors (Lipinski definition) is 6. The Labute approximate surface area is 185 Å². The summed E-state index contributed by atoms with van der Waals surface area (Å²) < 4.78 is 7.15. The number of amides is 1. The Morgan fingerprint density at radius 1 is 1.13 bits per heavy atom. The number of ether oxygens (including phenoxy) is 1. The maximum absolute atomic E-state index is 12.3. The summed E-state index contributed by atoms with van der Waals surface area (Å²) in [4.78, 5) is 23.7. The van der Waals surface area contributed by atoms with Crippen molar-refractivity contribution in [2.45, 2.75) is 25.0 Å². The second-order valence-corrected chi connectivity index (χ2v) is 7.74. The van der Waals surface area contributed by atoms with Crippen LogP contribution in [0.2, 0.25) is 0 Å². The predicted molar refractivity (Wildman–Crippen MR) is 122 cm³/mol. The van der Waals surface area contributed by atoms with E-state index < -0.39 is 0 Å². The molecule has 7 nitrogen and oxygen atoms in total. The van der Waals surface area contributed by atoms with E-state index in [1.54, 1.807) is 37.5 Å². The number of thioether (sulfide) groups is 1. The van der Waals surface area contributed by atoms with Gasteiger partial charge in [0.05, 0.1) is 12.9 Å². The lowest BCUT2D eigenvalue weighted by molar-refractivity contribution is -0.113. The summed E-state index contributed by atoms with van der Waals surface area (Å²) in [6.45, 7) is 5.87. The second kappa shape index (κ2) is 10.6. The fourth-order valence-electron chi connectivity index (χ4n) is 2.91. The molecule has 0 fully saturated rings. The number of nitrogens with zero attached hydrogens (tertiary/aromatic N) is 3. The highest BCUT2D eigenvalue weighted by Crippen LogP contribution is 2.21. The third-order valence-corrected chi connectivity index (χ3v) is 5.50. The number of carbonyl (C=O) groups excluding carboxylic acids is 2. The molecule has 3 rings (SSSR count). The molecule has 1 aromatic heterocycles. The van der Waals surface area contributed by atoms with Crippen LogP contribution in [-0.2, 0) is 17.8 Å². The number of hydrogen-bond donors (Lipinski definition) is 1. The molecule has 0 spiro atoms. The SMILES string of the molecule is C=CCn1c(Cc2ccc(OC)cc2)nnc1SCC(=O)Nc1ccc(C(C)=O)cc1. The molecule has 160 valence electrons. The van der Waals surface area contributed by atoms with Crippen molar-refractivity contribution in [1.82, 2.24) is 14.8 Å². The molecule has 0 saturated carbocycles. The van der Waals surface area contributed by atoms with E-state index in [9.17, 15) is 9.59 Å². The Balaban J connectivity index is 1.63. The Hall–Kier alpha value is -3.39. The molecule has 0 aliphatic rings. The molecule has 0 bridgehead atoms. The van der Waals surface area contributed by atoms with E-state index >= 15 is 0 Å². The van der Waals surface area contributed by atoms with Crippen molar-refractivity contribution in [3.05, 3.63) is 78.1 Å². The molecule has 0 saturated heterocycles. The van der Waals surface area contributed by atoms with Crippen molar-refractivity contribution in [3.8, 4) is 5.75 Å². The van der Waals surface area contributed by atoms with Gasteiger partial charge < -0.3 is 14.6 Å². The number of anilines is 1. The van der Waals surface area contributed by atoms with Gasteiger partial charge in [0, 0.05) is 24.2 Å². The van der Waals surface area contributed by atoms with E-state index in [4.69, 9.17) is 4.74 Å². The lowest BCUT2D eigenvalue weighted by Gasteiger charge is -2.09. The number of carbonyl (C=O) groups is 2. The first-order chi connectivity index (χ1) is 15.0. The van der Waals surface area contributed by atoms with Gasteiger partial charge in [0.1, 0.15) is 11.6 Å². The monoisotopic (exact) mass is 436 g/mol. The summed E-state index contributed by atoms with van der Waals surface area (Å²) in [5.74, 6) is 1.61. The number of rotatable bonds is 10. The van der Waals surface area contributed by atoms with Crippen LogP contribution in [-0.4, -0.2) is 39.3 Å². The molecule has 31 heavy (non-hydrogen) atoms. The minimum Gasteiger partial charge on any atom is -0.497 e. The van der Waals surface area contributed by atoms with Crippen LogP contribution >= 0.6 is 11.8 Å². The summed E-state index contributed by atoms with van der Waals surface area (Å²) in [5.41, 5.74) is 2.33. The predicted octanol–water partition coefficient (Wildman–Crippen LogP) is 4.00. The normalized spacial score (nSPS) is 10.5. The maximum atomic E-state index is 12.3. The van der Waals surface area contributed by atoms with Gasteiger partial charge in [-0.05, 0) is 48.9 Å². The topological polar surface area (TPSA) is 86.1 Å². The molecular formula is C23H24N4O3S. The van der Waals surface area contributed by atoms with Gasteiger partial charge in [-0.1, -0.05) is 30.0 Å². The third-order valence-electron chi connectivity index (χ3n) is 4.53. The molecule has 2 aromatic carbocycles. The van der Waals surface area contributed by atoms with E-state index in [-0.39, 0.29) is 17.4 Å². The summed E-state index contributed by atoms with van der Waals surface area (Å²) in [7, 11) is 1.64. The van der Waals surface area contributed by atoms with Crippen LogP contribution < -0.4 is 10.1 Å². The Kier molecular flexibility index (Phi) is 7.61. The van der Waals surface area contributed by atoms with Crippen molar-refractivity contribution in [3.63, 3.8) is 0 Å². The number of methoxy groups -OCH3 is 1. The average Bonchev–Trinajstić information content (AvgIpc) is 3.14. The molecule has 8 heteroatoms. The van der Waals surface area contributed by atoms with Crippen LogP contribution in [0.5, 0.6) is 5.75 Å². The number of ketones is 1. The lowest BCUT2D eigenvalue weighted by atomic mass is 10.1. The number of Topliss-reactive ketones (excluding diaryl/α,β-unsaturated/α-hetero) is 1. The fourth-order valence-corrected chi connectivity index (χ4v) is 3.68. The lowest BCUT2D eigenvalue weighted by Crippen LogP contribution is -2.15. The quantitative estimate of drug-likeness (QED) is 0.294. The van der Waals surface area contributed by atoms with Crippen LogP contribution in [0.15, 0.2) is 66.3 Å². The van der Waals surface area contributed by atoms with E-state index in [1.807, 2.05) is 28.8 Å². The van der Waals surface area contributed by atoms with Crippen molar-refractivity contribution in [1.29, 1.82) is 0 Å². The van der Waals surface area contributed by atoms with Gasteiger partial charge in [0.25, 0.3) is 0 Å². The summed E-state index contributed by atoms with van der Waals surface area (Å²) in [6.07, 6.45) is 2.39. The molecule has 1 heterocycles. The molecule has 3 aromatic rings. The van der Waals surface area contributed by atoms with Gasteiger partial charge in [0.15, 0.2) is 10.9 Å². The highest BCUT2D eigenvalue weighted by atomic mass is 32.2. The molecule has 0 unspecified atom stereocenters. The fraction of sp³-hybridized carbons (Fsp3) is 0.217. The first-order valence-electron chi connectivity index (χ1n) is 9.69. The van der Waals surface area contributed by atoms with Gasteiger partial charge in [-0.2, -0.15) is 0 Å². The molecule has 1 amide bonds. The Morgan fingerprint density at radius 2 is 1.84 bits per heavy atom. The molecule has 1 N–H and O–H groups in total. The summed E-state index contributed by atoms with van der Waals surface area (Å²) >= 11 is 1.32. The highest BCUT2D eigenvalue weighted by molar-refractivity contribution is 7.99. The zero-order valence-electron chi connectivity index (χ0n) is 17.5. The molecule has 0 aliphatic carbocycles. The van der Waals surface area contributed by atoms with E-state index in [0.717, 1.165) is 17.1 Å². The van der Waals surface area contributed by atoms with E-state index in [0.29, 0.717) is 29.4 Å². The van der Waals surface area contributed by atoms with E-state index in [1.165, 1.54) is 18.7 Å². The zero-order chi connectivity index (χ0) is 22.2. The highest BCUT2D eigenvalue weighted by Gasteiger charge is 2.14. The number of allylic oxidation sites excluding steroid dienone is 1. The zero-order valence-corrected chi connectivity index (χ0v) is 18.3. The number of aromatic nitrogens is 3. The first-order valence-corrected chi connectivity index (χ1v) is 10.7. The van der Waals surface area contributed by atoms with Crippen LogP contribution in [0.4, 0.5) is 5.69 Å². The number of benzene rings is 2. The standard InChI is InChI=1S/C23H24N4O3S/c1-4-13-27-21(14-17-5-11-20(30-3)12-6-17)25-26-23(27)31-15-22(29)24-19-9-7-18(8-10-19)16(2)28/h4-12H,1,13-15H2,2-3H3,(H,24,29). The van der Waals surface area contributed by atoms with Crippen molar-refractivity contribution in [2.24, 2.45) is 0 Å². The maximum Gasteiger partial charge on any atom is 0.234 e. The second-order valence-electron chi connectivity index (χ2n) is 6.79. The van der Waals surface area contributed by atoms with Gasteiger partial charge in [0.2, 0.25) is 5.91 Å². The van der Waals surface area contributed by atoms with Crippen molar-refractivity contribution in [2.75, 3.05) is 18.2 Å². The van der Waals surface area contributed by atoms with Crippen LogP contribution in [0.25, 0.3) is 0 Å². The minimum atomic E-state index is -0.162. The largest absolute Gasteiger partial charge is 0.497 e. The third kappa shape index (κ3) is 6.05. The molecule has 0 atom stereocenters. The van der Waals surface area contributed by atoms with Gasteiger partial charge in [-0.15, -0.1) is 16.8 Å². The summed E-state index contributed by atoms with van der Waals surface area (Å²) in [5, 5.41) is 12.1. The smallest absolute Gasteiger partial charge is 0.234 e. The van der Waals surface area contributed by atoms with Crippen molar-refractivity contribution < 1.29 is 14.3 Å². The van der Waals surface area contributed by atoms with Gasteiger partial charge >= 0.3 is 0 Å². The minimum absolute atomic E-state index is 0.0135. The van der Waals surface area contributed by atoms with Gasteiger partial charge in [-0.25, -0.2) is 0 Å². The van der Waals surface area contributed by atoms with Crippen LogP contribution in [0.3, 0.4) is 0 Å². The van der Waals surface area contributed by atoms with Crippen LogP contribution in [0.1, 0.15) is 28.7 Å². The molecule has 0 radical (unpaired) electrons. The first kappa shape index (κ1) is 22.3. The Morgan fingerprint density at radius 3 is 2.45 bits per heavy atom. The van der Waals surface area contributed by atoms with Crippen LogP contribution in [0, 0.1) is 0 Å². The molecule has 0 aliphatic heterocycles. The number of nitrogens with one attached hydrogen (secondary N) is 1. The summed E-state index contributed by atoms with van der Waals surface area (Å²) in [6, 6.07) is 14.6. The molecular weight excluding hydrogens is 412 g/mol. The van der Waals surface area contributed by atoms with Crippen molar-refractivity contribution >= 4 is 29.1 Å². The average molecular weight is 437 g/mol. The van der Waals surface area contributed by atoms with E-state index in [2.05, 4.69) is 22.1 Å². The Bertz CT molecular complexity index is 1060.